The molecule has 0 aliphatic heterocycles. The van der Waals surface area contributed by atoms with Crippen LogP contribution in [0.25, 0.3) is 0 Å². The highest BCUT2D eigenvalue weighted by Gasteiger charge is 2.32. The summed E-state index contributed by atoms with van der Waals surface area (Å²) >= 11 is 17.5. The third kappa shape index (κ3) is 5.92. The van der Waals surface area contributed by atoms with Crippen molar-refractivity contribution in [3.05, 3.63) is 72.0 Å². The lowest BCUT2D eigenvalue weighted by Crippen LogP contribution is -2.26. The van der Waals surface area contributed by atoms with Gasteiger partial charge in [0.25, 0.3) is 0 Å². The Kier molecular flexibility index (Phi) is 8.36. The molecule has 0 radical (unpaired) electrons. The number of thiophene rings is 1. The first-order chi connectivity index (χ1) is 17.1. The average Bonchev–Trinajstić information content (AvgIpc) is 3.19. The van der Waals surface area contributed by atoms with Gasteiger partial charge in [-0.2, -0.15) is 5.26 Å². The maximum Gasteiger partial charge on any atom is 0.162 e. The minimum Gasteiger partial charge on any atom is -0.493 e. The SMILES string of the molecule is COc1cc(C=Nc2sc3c(c2C#N)CC[C@H](C(C)(C)C)C3)c(Br)cc1OCc1ccc(Cl)cc1Cl. The Hall–Kier alpha value is -2.04. The van der Waals surface area contributed by atoms with E-state index in [2.05, 4.69) is 42.8 Å². The van der Waals surface area contributed by atoms with Crippen molar-refractivity contribution in [1.82, 2.24) is 0 Å². The van der Waals surface area contributed by atoms with Crippen LogP contribution in [-0.2, 0) is 19.4 Å². The first-order valence-corrected chi connectivity index (χ1v) is 14.0. The number of benzene rings is 2. The number of aliphatic imine (C=N–C) groups is 1. The van der Waals surface area contributed by atoms with E-state index in [0.29, 0.717) is 33.0 Å². The Labute approximate surface area is 235 Å². The molecule has 2 aromatic carbocycles. The van der Waals surface area contributed by atoms with Crippen molar-refractivity contribution in [2.45, 2.75) is 46.6 Å². The van der Waals surface area contributed by atoms with Crippen LogP contribution < -0.4 is 9.47 Å². The van der Waals surface area contributed by atoms with Crippen molar-refractivity contribution in [3.8, 4) is 17.6 Å². The van der Waals surface area contributed by atoms with E-state index in [9.17, 15) is 5.26 Å². The molecular formula is C28H27BrCl2N2O2S. The Balaban J connectivity index is 1.57. The number of ether oxygens (including phenoxy) is 2. The van der Waals surface area contributed by atoms with Gasteiger partial charge >= 0.3 is 0 Å². The quantitative estimate of drug-likeness (QED) is 0.263. The summed E-state index contributed by atoms with van der Waals surface area (Å²) in [6.45, 7) is 7.16. The van der Waals surface area contributed by atoms with Gasteiger partial charge in [0.1, 0.15) is 17.7 Å². The number of rotatable bonds is 6. The van der Waals surface area contributed by atoms with Gasteiger partial charge < -0.3 is 9.47 Å². The highest BCUT2D eigenvalue weighted by atomic mass is 79.9. The van der Waals surface area contributed by atoms with Gasteiger partial charge in [-0.15, -0.1) is 11.3 Å². The van der Waals surface area contributed by atoms with E-state index in [1.54, 1.807) is 36.8 Å². The van der Waals surface area contributed by atoms with Gasteiger partial charge in [0.05, 0.1) is 12.7 Å². The summed E-state index contributed by atoms with van der Waals surface area (Å²) in [7, 11) is 1.60. The van der Waals surface area contributed by atoms with E-state index < -0.39 is 0 Å². The van der Waals surface area contributed by atoms with Crippen LogP contribution in [0.15, 0.2) is 39.8 Å². The molecule has 188 valence electrons. The summed E-state index contributed by atoms with van der Waals surface area (Å²) in [6, 6.07) is 11.4. The molecule has 1 atom stereocenters. The molecule has 0 bridgehead atoms. The minimum atomic E-state index is 0.252. The normalized spacial score (nSPS) is 15.6. The van der Waals surface area contributed by atoms with E-state index in [-0.39, 0.29) is 12.0 Å². The van der Waals surface area contributed by atoms with Crippen LogP contribution in [0.5, 0.6) is 11.5 Å². The second-order valence-corrected chi connectivity index (χ2v) is 12.7. The molecule has 0 fully saturated rings. The van der Waals surface area contributed by atoms with E-state index in [0.717, 1.165) is 39.9 Å². The van der Waals surface area contributed by atoms with Crippen molar-refractivity contribution < 1.29 is 9.47 Å². The molecule has 0 amide bonds. The van der Waals surface area contributed by atoms with Crippen molar-refractivity contribution >= 4 is 61.7 Å². The van der Waals surface area contributed by atoms with Crippen molar-refractivity contribution in [2.75, 3.05) is 7.11 Å². The van der Waals surface area contributed by atoms with Crippen LogP contribution in [0, 0.1) is 22.7 Å². The van der Waals surface area contributed by atoms with Crippen LogP contribution in [0.3, 0.4) is 0 Å². The third-order valence-corrected chi connectivity index (χ3v) is 9.02. The summed E-state index contributed by atoms with van der Waals surface area (Å²) in [5.41, 5.74) is 3.79. The van der Waals surface area contributed by atoms with Crippen LogP contribution >= 0.6 is 50.5 Å². The third-order valence-electron chi connectivity index (χ3n) is 6.59. The van der Waals surface area contributed by atoms with Crippen LogP contribution in [0.2, 0.25) is 10.0 Å². The average molecular weight is 606 g/mol. The molecule has 1 aliphatic rings. The monoisotopic (exact) mass is 604 g/mol. The number of nitriles is 1. The van der Waals surface area contributed by atoms with Gasteiger partial charge in [0.15, 0.2) is 11.5 Å². The smallest absolute Gasteiger partial charge is 0.162 e. The highest BCUT2D eigenvalue weighted by molar-refractivity contribution is 9.10. The predicted octanol–water partition coefficient (Wildman–Crippen LogP) is 9.18. The largest absolute Gasteiger partial charge is 0.493 e. The zero-order chi connectivity index (χ0) is 26.0. The fourth-order valence-electron chi connectivity index (χ4n) is 4.36. The lowest BCUT2D eigenvalue weighted by Gasteiger charge is -2.33. The number of hydrogen-bond acceptors (Lipinski definition) is 5. The van der Waals surface area contributed by atoms with Crippen molar-refractivity contribution in [2.24, 2.45) is 16.3 Å². The first kappa shape index (κ1) is 27.0. The van der Waals surface area contributed by atoms with Crippen LogP contribution in [0.4, 0.5) is 5.00 Å². The Morgan fingerprint density at radius 2 is 2.00 bits per heavy atom. The summed E-state index contributed by atoms with van der Waals surface area (Å²) in [5, 5.41) is 11.8. The topological polar surface area (TPSA) is 54.6 Å². The van der Waals surface area contributed by atoms with Gasteiger partial charge in [-0.3, -0.25) is 0 Å². The molecule has 4 nitrogen and oxygen atoms in total. The van der Waals surface area contributed by atoms with Gasteiger partial charge in [-0.05, 0) is 76.4 Å². The number of hydrogen-bond donors (Lipinski definition) is 0. The van der Waals surface area contributed by atoms with E-state index in [1.165, 1.54) is 10.4 Å². The second kappa shape index (κ2) is 11.1. The Morgan fingerprint density at radius 3 is 2.67 bits per heavy atom. The van der Waals surface area contributed by atoms with Crippen LogP contribution in [0.1, 0.15) is 54.3 Å². The lowest BCUT2D eigenvalue weighted by atomic mass is 9.72. The minimum absolute atomic E-state index is 0.252. The van der Waals surface area contributed by atoms with E-state index in [4.69, 9.17) is 37.7 Å². The fraction of sp³-hybridized carbons (Fsp3) is 0.357. The number of halogens is 3. The maximum absolute atomic E-state index is 9.87. The van der Waals surface area contributed by atoms with Gasteiger partial charge in [0.2, 0.25) is 0 Å². The standard InChI is InChI=1S/C28H27BrCl2N2O2S/c1-28(2,3)18-6-8-20-21(13-32)27(36-26(20)10-18)33-14-17-9-24(34-4)25(12-22(17)29)35-15-16-5-7-19(30)11-23(16)31/h5,7,9,11-12,14,18H,6,8,10,15H2,1-4H3/t18-/m0/s1. The Morgan fingerprint density at radius 1 is 1.22 bits per heavy atom. The zero-order valence-corrected chi connectivity index (χ0v) is 24.5. The molecular weight excluding hydrogens is 579 g/mol. The molecule has 4 rings (SSSR count). The fourth-order valence-corrected chi connectivity index (χ4v) is 6.47. The molecule has 0 saturated carbocycles. The summed E-state index contributed by atoms with van der Waals surface area (Å²) in [6.07, 6.45) is 4.82. The molecule has 1 aromatic heterocycles. The van der Waals surface area contributed by atoms with Gasteiger partial charge in [0, 0.05) is 36.7 Å². The van der Waals surface area contributed by atoms with Crippen molar-refractivity contribution in [3.63, 3.8) is 0 Å². The molecule has 1 aliphatic carbocycles. The summed E-state index contributed by atoms with van der Waals surface area (Å²) in [4.78, 5) is 6.03. The number of methoxy groups -OCH3 is 1. The maximum atomic E-state index is 9.87. The molecule has 0 N–H and O–H groups in total. The second-order valence-electron chi connectivity index (χ2n) is 9.91. The van der Waals surface area contributed by atoms with E-state index in [1.807, 2.05) is 18.2 Å². The predicted molar refractivity (Wildman–Crippen MR) is 153 cm³/mol. The van der Waals surface area contributed by atoms with Gasteiger partial charge in [-0.1, -0.05) is 50.0 Å². The summed E-state index contributed by atoms with van der Waals surface area (Å²) in [5.74, 6) is 1.76. The molecule has 3 aromatic rings. The molecule has 8 heteroatoms. The molecule has 0 unspecified atom stereocenters. The molecule has 36 heavy (non-hydrogen) atoms. The molecule has 0 saturated heterocycles. The summed E-state index contributed by atoms with van der Waals surface area (Å²) < 4.78 is 12.4. The number of nitrogens with zero attached hydrogens (tertiary/aromatic N) is 2. The highest BCUT2D eigenvalue weighted by Crippen LogP contribution is 2.45. The molecule has 1 heterocycles. The van der Waals surface area contributed by atoms with Gasteiger partial charge in [-0.25, -0.2) is 4.99 Å². The van der Waals surface area contributed by atoms with Crippen LogP contribution in [-0.4, -0.2) is 13.3 Å². The number of fused-ring (bicyclic) bond motifs is 1. The first-order valence-electron chi connectivity index (χ1n) is 11.6. The van der Waals surface area contributed by atoms with E-state index >= 15 is 0 Å². The molecule has 0 spiro atoms. The lowest BCUT2D eigenvalue weighted by molar-refractivity contribution is 0.218. The Bertz CT molecular complexity index is 1360. The zero-order valence-electron chi connectivity index (χ0n) is 20.6. The van der Waals surface area contributed by atoms with Crippen molar-refractivity contribution in [1.29, 1.82) is 5.26 Å².